The van der Waals surface area contributed by atoms with Gasteiger partial charge in [0.15, 0.2) is 16.9 Å². The zero-order chi connectivity index (χ0) is 19.0. The van der Waals surface area contributed by atoms with E-state index in [0.717, 1.165) is 31.7 Å². The minimum absolute atomic E-state index is 0.192. The Balaban J connectivity index is 1.56. The van der Waals surface area contributed by atoms with Gasteiger partial charge in [0.25, 0.3) is 5.88 Å². The van der Waals surface area contributed by atoms with Gasteiger partial charge in [-0.1, -0.05) is 18.5 Å². The quantitative estimate of drug-likeness (QED) is 0.620. The number of anilines is 2. The second-order valence-electron chi connectivity index (χ2n) is 7.07. The summed E-state index contributed by atoms with van der Waals surface area (Å²) in [5.74, 6) is 1.64. The van der Waals surface area contributed by atoms with Crippen LogP contribution in [0.25, 0.3) is 11.2 Å². The molecule has 0 spiro atoms. The van der Waals surface area contributed by atoms with Crippen molar-refractivity contribution in [3.63, 3.8) is 0 Å². The van der Waals surface area contributed by atoms with Crippen LogP contribution in [-0.2, 0) is 0 Å². The number of pyridine rings is 1. The predicted octanol–water partition coefficient (Wildman–Crippen LogP) is 2.34. The number of hydrogen-bond acceptors (Lipinski definition) is 8. The zero-order valence-electron chi connectivity index (χ0n) is 14.9. The van der Waals surface area contributed by atoms with E-state index in [0.29, 0.717) is 23.5 Å². The minimum Gasteiger partial charge on any atom is -0.434 e. The lowest BCUT2D eigenvalue weighted by atomic mass is 9.80. The van der Waals surface area contributed by atoms with E-state index >= 15 is 0 Å². The molecule has 1 fully saturated rings. The molecule has 0 saturated carbocycles. The number of aromatic nitrogens is 5. The number of nitrogens with two attached hydrogens (primary N) is 2. The Morgan fingerprint density at radius 1 is 1.33 bits per heavy atom. The summed E-state index contributed by atoms with van der Waals surface area (Å²) in [6.45, 7) is 4.73. The number of halogens is 1. The number of hydrogen-bond donors (Lipinski definition) is 3. The molecular weight excluding hydrogens is 368 g/mol. The molecule has 10 heteroatoms. The molecule has 9 nitrogen and oxygen atoms in total. The van der Waals surface area contributed by atoms with Crippen molar-refractivity contribution in [3.8, 4) is 11.6 Å². The van der Waals surface area contributed by atoms with Gasteiger partial charge < -0.3 is 21.1 Å². The van der Waals surface area contributed by atoms with Crippen molar-refractivity contribution in [2.75, 3.05) is 30.3 Å². The maximum Gasteiger partial charge on any atom is 0.266 e. The highest BCUT2D eigenvalue weighted by molar-refractivity contribution is 6.34. The molecule has 0 atom stereocenters. The van der Waals surface area contributed by atoms with Crippen LogP contribution in [-0.4, -0.2) is 44.8 Å². The molecule has 27 heavy (non-hydrogen) atoms. The molecule has 1 aliphatic rings. The van der Waals surface area contributed by atoms with Gasteiger partial charge in [0.1, 0.15) is 16.7 Å². The van der Waals surface area contributed by atoms with Crippen LogP contribution in [0.3, 0.4) is 0 Å². The van der Waals surface area contributed by atoms with Crippen molar-refractivity contribution in [3.05, 3.63) is 23.5 Å². The number of ether oxygens (including phenoxy) is 1. The molecule has 0 aromatic carbocycles. The minimum atomic E-state index is 0.192. The van der Waals surface area contributed by atoms with E-state index in [-0.39, 0.29) is 22.1 Å². The Labute approximate surface area is 161 Å². The smallest absolute Gasteiger partial charge is 0.266 e. The molecule has 0 bridgehead atoms. The molecule has 0 unspecified atom stereocenters. The van der Waals surface area contributed by atoms with Gasteiger partial charge in [-0.05, 0) is 24.8 Å². The van der Waals surface area contributed by atoms with Crippen LogP contribution >= 0.6 is 11.6 Å². The molecule has 142 valence electrons. The third-order valence-corrected chi connectivity index (χ3v) is 5.48. The van der Waals surface area contributed by atoms with Crippen LogP contribution in [0.2, 0.25) is 5.02 Å². The maximum atomic E-state index is 6.12. The van der Waals surface area contributed by atoms with E-state index in [9.17, 15) is 0 Å². The molecular formula is C17H21ClN8O. The Hall–Kier alpha value is -2.65. The molecule has 3 aromatic heterocycles. The van der Waals surface area contributed by atoms with Gasteiger partial charge in [0, 0.05) is 25.4 Å². The van der Waals surface area contributed by atoms with Gasteiger partial charge in [-0.15, -0.1) is 5.10 Å². The number of rotatable bonds is 4. The first-order valence-electron chi connectivity index (χ1n) is 8.73. The fourth-order valence-corrected chi connectivity index (χ4v) is 3.25. The van der Waals surface area contributed by atoms with Crippen LogP contribution in [0.4, 0.5) is 11.6 Å². The molecule has 3 aromatic rings. The standard InChI is InChI=1S/C17H21ClN8O/c1-17(9-19)3-6-26(7-4-17)11-8-22-13-15(23-11)24-25-16(13)27-10-2-5-21-14(20)12(10)18/h2,5,8H,3-4,6-7,9,19H2,1H3,(H2,20,21)(H,23,24,25). The summed E-state index contributed by atoms with van der Waals surface area (Å²) in [4.78, 5) is 15.2. The lowest BCUT2D eigenvalue weighted by Crippen LogP contribution is -2.42. The number of piperidine rings is 1. The van der Waals surface area contributed by atoms with E-state index in [2.05, 4.69) is 37.0 Å². The van der Waals surface area contributed by atoms with Crippen LogP contribution < -0.4 is 21.1 Å². The van der Waals surface area contributed by atoms with E-state index in [1.54, 1.807) is 12.3 Å². The summed E-state index contributed by atoms with van der Waals surface area (Å²) in [5, 5.41) is 7.25. The van der Waals surface area contributed by atoms with Gasteiger partial charge in [0.05, 0.1) is 6.20 Å². The van der Waals surface area contributed by atoms with Gasteiger partial charge in [-0.25, -0.2) is 15.0 Å². The lowest BCUT2D eigenvalue weighted by molar-refractivity contribution is 0.258. The molecule has 0 aliphatic carbocycles. The Morgan fingerprint density at radius 2 is 2.11 bits per heavy atom. The Morgan fingerprint density at radius 3 is 2.85 bits per heavy atom. The first-order chi connectivity index (χ1) is 13.0. The Kier molecular flexibility index (Phi) is 4.48. The fourth-order valence-electron chi connectivity index (χ4n) is 3.10. The van der Waals surface area contributed by atoms with E-state index < -0.39 is 0 Å². The van der Waals surface area contributed by atoms with Gasteiger partial charge in [-0.3, -0.25) is 5.10 Å². The zero-order valence-corrected chi connectivity index (χ0v) is 15.7. The molecule has 0 amide bonds. The first-order valence-corrected chi connectivity index (χ1v) is 9.11. The van der Waals surface area contributed by atoms with Crippen LogP contribution in [0, 0.1) is 5.41 Å². The van der Waals surface area contributed by atoms with Gasteiger partial charge >= 0.3 is 0 Å². The number of nitrogen functional groups attached to an aromatic ring is 1. The van der Waals surface area contributed by atoms with E-state index in [1.165, 1.54) is 6.20 Å². The second-order valence-corrected chi connectivity index (χ2v) is 7.44. The predicted molar refractivity (Wildman–Crippen MR) is 104 cm³/mol. The van der Waals surface area contributed by atoms with Crippen molar-refractivity contribution >= 4 is 34.4 Å². The summed E-state index contributed by atoms with van der Waals surface area (Å²) < 4.78 is 5.75. The topological polar surface area (TPSA) is 132 Å². The Bertz CT molecular complexity index is 967. The highest BCUT2D eigenvalue weighted by Crippen LogP contribution is 2.34. The third kappa shape index (κ3) is 3.35. The van der Waals surface area contributed by atoms with Crippen molar-refractivity contribution < 1.29 is 4.74 Å². The molecule has 1 aliphatic heterocycles. The molecule has 4 rings (SSSR count). The van der Waals surface area contributed by atoms with Crippen LogP contribution in [0.15, 0.2) is 18.5 Å². The van der Waals surface area contributed by atoms with Gasteiger partial charge in [-0.2, -0.15) is 0 Å². The number of nitrogens with one attached hydrogen (secondary N) is 1. The molecule has 5 N–H and O–H groups in total. The number of nitrogens with zero attached hydrogens (tertiary/aromatic N) is 5. The van der Waals surface area contributed by atoms with Gasteiger partial charge in [0.2, 0.25) is 0 Å². The number of fused-ring (bicyclic) bond motifs is 1. The summed E-state index contributed by atoms with van der Waals surface area (Å²) in [6.07, 6.45) is 5.31. The van der Waals surface area contributed by atoms with Crippen molar-refractivity contribution in [2.45, 2.75) is 19.8 Å². The van der Waals surface area contributed by atoms with Crippen molar-refractivity contribution in [2.24, 2.45) is 11.1 Å². The van der Waals surface area contributed by atoms with E-state index in [1.807, 2.05) is 0 Å². The van der Waals surface area contributed by atoms with Crippen LogP contribution in [0.5, 0.6) is 11.6 Å². The van der Waals surface area contributed by atoms with Crippen LogP contribution in [0.1, 0.15) is 19.8 Å². The number of aromatic amines is 1. The van der Waals surface area contributed by atoms with Crippen molar-refractivity contribution in [1.29, 1.82) is 0 Å². The summed E-state index contributed by atoms with van der Waals surface area (Å²) in [6, 6.07) is 1.61. The average molecular weight is 389 g/mol. The van der Waals surface area contributed by atoms with E-state index in [4.69, 9.17) is 27.8 Å². The molecule has 4 heterocycles. The SMILES string of the molecule is CC1(CN)CCN(c2cnc3c(Oc4ccnc(N)c4Cl)n[nH]c3n2)CC1. The average Bonchev–Trinajstić information content (AvgIpc) is 3.08. The summed E-state index contributed by atoms with van der Waals surface area (Å²) in [5.41, 5.74) is 12.9. The first kappa shape index (κ1) is 17.7. The lowest BCUT2D eigenvalue weighted by Gasteiger charge is -2.39. The summed E-state index contributed by atoms with van der Waals surface area (Å²) >= 11 is 6.12. The summed E-state index contributed by atoms with van der Waals surface area (Å²) in [7, 11) is 0. The molecule has 0 radical (unpaired) electrons. The largest absolute Gasteiger partial charge is 0.434 e. The second kappa shape index (κ2) is 6.82. The highest BCUT2D eigenvalue weighted by atomic mass is 35.5. The van der Waals surface area contributed by atoms with Crippen molar-refractivity contribution in [1.82, 2.24) is 25.1 Å². The molecule has 1 saturated heterocycles. The fraction of sp³-hybridized carbons (Fsp3) is 0.412. The maximum absolute atomic E-state index is 6.12. The number of H-pyrrole nitrogens is 1. The monoisotopic (exact) mass is 388 g/mol. The normalized spacial score (nSPS) is 16.6. The third-order valence-electron chi connectivity index (χ3n) is 5.10. The highest BCUT2D eigenvalue weighted by Gasteiger charge is 2.29.